The van der Waals surface area contributed by atoms with Gasteiger partial charge >= 0.3 is 0 Å². The van der Waals surface area contributed by atoms with E-state index in [9.17, 15) is 0 Å². The van der Waals surface area contributed by atoms with Gasteiger partial charge in [0.15, 0.2) is 5.82 Å². The minimum Gasteiger partial charge on any atom is -0.264 e. The summed E-state index contributed by atoms with van der Waals surface area (Å²) in [6.45, 7) is 2.08. The van der Waals surface area contributed by atoms with Gasteiger partial charge < -0.3 is 0 Å². The molecule has 8 rings (SSSR count). The zero-order valence-corrected chi connectivity index (χ0v) is 28.3. The number of fused-ring (bicyclic) bond motifs is 2. The number of pyridine rings is 1. The van der Waals surface area contributed by atoms with Gasteiger partial charge in [0.2, 0.25) is 0 Å². The molecule has 0 amide bonds. The fourth-order valence-corrected chi connectivity index (χ4v) is 6.51. The van der Waals surface area contributed by atoms with Crippen molar-refractivity contribution in [3.63, 3.8) is 0 Å². The molecule has 0 bridgehead atoms. The van der Waals surface area contributed by atoms with E-state index in [-0.39, 0.29) is 0 Å². The lowest BCUT2D eigenvalue weighted by Gasteiger charge is -2.10. The zero-order valence-electron chi connectivity index (χ0n) is 28.3. The molecule has 51 heavy (non-hydrogen) atoms. The number of rotatable bonds is 8. The quantitative estimate of drug-likeness (QED) is 0.153. The molecule has 0 aliphatic rings. The summed E-state index contributed by atoms with van der Waals surface area (Å²) in [6, 6.07) is 53.2. The first-order chi connectivity index (χ1) is 25.2. The molecule has 0 aliphatic heterocycles. The van der Waals surface area contributed by atoms with E-state index in [1.807, 2.05) is 18.3 Å². The molecule has 242 valence electrons. The topological polar surface area (TPSA) is 38.7 Å². The summed E-state index contributed by atoms with van der Waals surface area (Å²) in [5.41, 5.74) is 10.6. The van der Waals surface area contributed by atoms with Crippen molar-refractivity contribution in [1.82, 2.24) is 15.0 Å². The average molecular weight is 654 g/mol. The van der Waals surface area contributed by atoms with Crippen LogP contribution in [0.1, 0.15) is 18.2 Å². The molecule has 0 unspecified atom stereocenters. The predicted molar refractivity (Wildman–Crippen MR) is 215 cm³/mol. The SMILES string of the molecule is C\C=C(/C=C\C=C\c1cc(-c2ccc(-c3cccnc3)cc2)nc(-c2ccc(-c3cccc4ccccc34)cc2)n1)c1ccc2ccccc2c1. The van der Waals surface area contributed by atoms with Crippen LogP contribution in [0.15, 0.2) is 188 Å². The van der Waals surface area contributed by atoms with E-state index in [2.05, 4.69) is 182 Å². The normalized spacial score (nSPS) is 12.0. The third-order valence-electron chi connectivity index (χ3n) is 9.21. The molecule has 2 heterocycles. The second-order valence-corrected chi connectivity index (χ2v) is 12.4. The molecule has 2 aromatic heterocycles. The van der Waals surface area contributed by atoms with Gasteiger partial charge in [0.1, 0.15) is 0 Å². The van der Waals surface area contributed by atoms with Crippen molar-refractivity contribution in [3.8, 4) is 44.9 Å². The van der Waals surface area contributed by atoms with E-state index in [1.54, 1.807) is 6.20 Å². The molecule has 8 aromatic rings. The fourth-order valence-electron chi connectivity index (χ4n) is 6.51. The first-order valence-corrected chi connectivity index (χ1v) is 17.2. The van der Waals surface area contributed by atoms with Gasteiger partial charge in [-0.25, -0.2) is 9.97 Å². The smallest absolute Gasteiger partial charge is 0.160 e. The van der Waals surface area contributed by atoms with Crippen molar-refractivity contribution in [3.05, 3.63) is 200 Å². The van der Waals surface area contributed by atoms with Crippen LogP contribution in [0.25, 0.3) is 78.1 Å². The highest BCUT2D eigenvalue weighted by molar-refractivity contribution is 5.97. The van der Waals surface area contributed by atoms with Gasteiger partial charge in [-0.15, -0.1) is 0 Å². The molecule has 0 saturated carbocycles. The Kier molecular flexibility index (Phi) is 8.92. The highest BCUT2D eigenvalue weighted by atomic mass is 14.9. The standard InChI is InChI=1S/C48H35N3/c1-2-34(42-29-22-35-12-3-4-14-41(35)31-42)11-5-7-17-44-32-47(39-25-20-36(21-26-39)43-16-10-30-49-33-43)51-48(50-44)40-27-23-38(24-28-40)46-19-9-15-37-13-6-8-18-45(37)46/h2-33H,1H3/b11-5-,17-7+,34-2+. The Morgan fingerprint density at radius 1 is 0.529 bits per heavy atom. The maximum atomic E-state index is 5.08. The molecule has 0 saturated heterocycles. The Labute approximate surface area is 298 Å². The van der Waals surface area contributed by atoms with Crippen molar-refractivity contribution >= 4 is 33.2 Å². The van der Waals surface area contributed by atoms with E-state index in [4.69, 9.17) is 9.97 Å². The van der Waals surface area contributed by atoms with Gasteiger partial charge in [0, 0.05) is 23.5 Å². The summed E-state index contributed by atoms with van der Waals surface area (Å²) in [6.07, 6.45) is 14.1. The molecule has 0 fully saturated rings. The molecule has 0 atom stereocenters. The van der Waals surface area contributed by atoms with Crippen LogP contribution < -0.4 is 0 Å². The first-order valence-electron chi connectivity index (χ1n) is 17.2. The average Bonchev–Trinajstić information content (AvgIpc) is 3.21. The van der Waals surface area contributed by atoms with E-state index in [1.165, 1.54) is 32.7 Å². The zero-order chi connectivity index (χ0) is 34.4. The lowest BCUT2D eigenvalue weighted by Crippen LogP contribution is -1.95. The molecular formula is C48H35N3. The van der Waals surface area contributed by atoms with E-state index < -0.39 is 0 Å². The van der Waals surface area contributed by atoms with E-state index in [0.717, 1.165) is 44.8 Å². The van der Waals surface area contributed by atoms with Crippen LogP contribution >= 0.6 is 0 Å². The molecule has 6 aromatic carbocycles. The van der Waals surface area contributed by atoms with E-state index in [0.29, 0.717) is 5.82 Å². The van der Waals surface area contributed by atoms with Crippen LogP contribution in [-0.4, -0.2) is 15.0 Å². The fraction of sp³-hybridized carbons (Fsp3) is 0.0208. The molecule has 3 heteroatoms. The second kappa shape index (κ2) is 14.4. The van der Waals surface area contributed by atoms with Gasteiger partial charge in [-0.2, -0.15) is 0 Å². The van der Waals surface area contributed by atoms with Crippen molar-refractivity contribution in [2.75, 3.05) is 0 Å². The van der Waals surface area contributed by atoms with Crippen molar-refractivity contribution in [1.29, 1.82) is 0 Å². The Morgan fingerprint density at radius 3 is 2.06 bits per heavy atom. The van der Waals surface area contributed by atoms with E-state index >= 15 is 0 Å². The lowest BCUT2D eigenvalue weighted by molar-refractivity contribution is 1.16. The lowest BCUT2D eigenvalue weighted by atomic mass is 9.97. The Hall–Kier alpha value is -6.71. The molecule has 0 radical (unpaired) electrons. The minimum atomic E-state index is 0.683. The van der Waals surface area contributed by atoms with Gasteiger partial charge in [0.05, 0.1) is 11.4 Å². The molecule has 0 N–H and O–H groups in total. The highest BCUT2D eigenvalue weighted by Crippen LogP contribution is 2.31. The van der Waals surface area contributed by atoms with Crippen LogP contribution in [-0.2, 0) is 0 Å². The summed E-state index contributed by atoms with van der Waals surface area (Å²) in [7, 11) is 0. The van der Waals surface area contributed by atoms with Crippen LogP contribution in [0.2, 0.25) is 0 Å². The largest absolute Gasteiger partial charge is 0.264 e. The summed E-state index contributed by atoms with van der Waals surface area (Å²) >= 11 is 0. The molecular weight excluding hydrogens is 619 g/mol. The van der Waals surface area contributed by atoms with Crippen molar-refractivity contribution in [2.45, 2.75) is 6.92 Å². The van der Waals surface area contributed by atoms with Crippen LogP contribution in [0.5, 0.6) is 0 Å². The highest BCUT2D eigenvalue weighted by Gasteiger charge is 2.10. The van der Waals surface area contributed by atoms with Crippen LogP contribution in [0.3, 0.4) is 0 Å². The number of benzene rings is 6. The van der Waals surface area contributed by atoms with Crippen molar-refractivity contribution in [2.24, 2.45) is 0 Å². The maximum Gasteiger partial charge on any atom is 0.160 e. The maximum absolute atomic E-state index is 5.08. The first kappa shape index (κ1) is 31.6. The number of aromatic nitrogens is 3. The summed E-state index contributed by atoms with van der Waals surface area (Å²) in [5, 5.41) is 4.95. The molecule has 0 spiro atoms. The van der Waals surface area contributed by atoms with Crippen molar-refractivity contribution < 1.29 is 0 Å². The Bertz CT molecular complexity index is 2560. The number of nitrogens with zero attached hydrogens (tertiary/aromatic N) is 3. The predicted octanol–water partition coefficient (Wildman–Crippen LogP) is 12.5. The van der Waals surface area contributed by atoms with Gasteiger partial charge in [-0.3, -0.25) is 4.98 Å². The molecule has 0 aliphatic carbocycles. The summed E-state index contributed by atoms with van der Waals surface area (Å²) in [5.74, 6) is 0.683. The molecule has 3 nitrogen and oxygen atoms in total. The third kappa shape index (κ3) is 6.92. The summed E-state index contributed by atoms with van der Waals surface area (Å²) in [4.78, 5) is 14.4. The number of hydrogen-bond acceptors (Lipinski definition) is 3. The number of allylic oxidation sites excluding steroid dienone is 5. The van der Waals surface area contributed by atoms with Gasteiger partial charge in [0.25, 0.3) is 0 Å². The van der Waals surface area contributed by atoms with Gasteiger partial charge in [-0.05, 0) is 86.1 Å². The van der Waals surface area contributed by atoms with Gasteiger partial charge in [-0.1, -0.05) is 158 Å². The number of hydrogen-bond donors (Lipinski definition) is 0. The Balaban J connectivity index is 1.12. The third-order valence-corrected chi connectivity index (χ3v) is 9.21. The van der Waals surface area contributed by atoms with Crippen LogP contribution in [0, 0.1) is 0 Å². The monoisotopic (exact) mass is 653 g/mol. The minimum absolute atomic E-state index is 0.683. The summed E-state index contributed by atoms with van der Waals surface area (Å²) < 4.78 is 0. The second-order valence-electron chi connectivity index (χ2n) is 12.4. The Morgan fingerprint density at radius 2 is 1.25 bits per heavy atom. The van der Waals surface area contributed by atoms with Crippen LogP contribution in [0.4, 0.5) is 0 Å².